The number of aromatic nitrogens is 2. The third-order valence-electron chi connectivity index (χ3n) is 4.16. The number of pyridine rings is 1. The van der Waals surface area contributed by atoms with Gasteiger partial charge in [0.2, 0.25) is 10.9 Å². The van der Waals surface area contributed by atoms with E-state index in [4.69, 9.17) is 16.3 Å². The SMILES string of the molecule is COc1ccc2c(-n3cc(Cl)c4cc(N[SH](=O)=O)ccc43)ccnc2c1. The van der Waals surface area contributed by atoms with Gasteiger partial charge in [-0.2, -0.15) is 0 Å². The van der Waals surface area contributed by atoms with Gasteiger partial charge in [0.1, 0.15) is 5.75 Å². The van der Waals surface area contributed by atoms with Crippen molar-refractivity contribution >= 4 is 50.0 Å². The monoisotopic (exact) mass is 387 g/mol. The summed E-state index contributed by atoms with van der Waals surface area (Å²) in [6.07, 6.45) is 3.54. The van der Waals surface area contributed by atoms with Crippen molar-refractivity contribution in [3.63, 3.8) is 0 Å². The van der Waals surface area contributed by atoms with Crippen molar-refractivity contribution in [1.82, 2.24) is 9.55 Å². The van der Waals surface area contributed by atoms with E-state index in [2.05, 4.69) is 9.71 Å². The highest BCUT2D eigenvalue weighted by molar-refractivity contribution is 7.73. The lowest BCUT2D eigenvalue weighted by molar-refractivity contribution is 0.415. The first-order valence-corrected chi connectivity index (χ1v) is 9.27. The Morgan fingerprint density at radius 1 is 1.12 bits per heavy atom. The average molecular weight is 388 g/mol. The number of nitrogens with zero attached hydrogens (tertiary/aromatic N) is 2. The molecule has 0 saturated heterocycles. The van der Waals surface area contributed by atoms with E-state index in [-0.39, 0.29) is 0 Å². The van der Waals surface area contributed by atoms with E-state index >= 15 is 0 Å². The summed E-state index contributed by atoms with van der Waals surface area (Å²) in [7, 11) is -1.11. The molecule has 6 nitrogen and oxygen atoms in total. The van der Waals surface area contributed by atoms with Crippen molar-refractivity contribution in [2.45, 2.75) is 0 Å². The van der Waals surface area contributed by atoms with E-state index in [9.17, 15) is 8.42 Å². The minimum Gasteiger partial charge on any atom is -0.497 e. The van der Waals surface area contributed by atoms with Crippen molar-refractivity contribution in [3.05, 3.63) is 59.9 Å². The number of hydrogen-bond acceptors (Lipinski definition) is 4. The van der Waals surface area contributed by atoms with Crippen LogP contribution in [0.4, 0.5) is 5.69 Å². The van der Waals surface area contributed by atoms with Crippen molar-refractivity contribution in [3.8, 4) is 11.4 Å². The van der Waals surface area contributed by atoms with Crippen LogP contribution in [0.15, 0.2) is 54.9 Å². The van der Waals surface area contributed by atoms with Crippen LogP contribution in [0.5, 0.6) is 5.75 Å². The van der Waals surface area contributed by atoms with Gasteiger partial charge >= 0.3 is 0 Å². The van der Waals surface area contributed by atoms with Gasteiger partial charge in [0.25, 0.3) is 0 Å². The number of halogens is 1. The number of nitrogens with one attached hydrogen (secondary N) is 1. The van der Waals surface area contributed by atoms with E-state index in [0.29, 0.717) is 10.7 Å². The van der Waals surface area contributed by atoms with Crippen molar-refractivity contribution < 1.29 is 13.2 Å². The van der Waals surface area contributed by atoms with Crippen LogP contribution >= 0.6 is 11.6 Å². The van der Waals surface area contributed by atoms with Crippen LogP contribution < -0.4 is 9.46 Å². The minimum atomic E-state index is -2.73. The molecule has 4 aromatic rings. The van der Waals surface area contributed by atoms with Crippen LogP contribution in [0.1, 0.15) is 0 Å². The predicted octanol–water partition coefficient (Wildman–Crippen LogP) is 3.78. The number of methoxy groups -OCH3 is 1. The van der Waals surface area contributed by atoms with Gasteiger partial charge in [-0.15, -0.1) is 0 Å². The molecule has 0 spiro atoms. The molecule has 2 aromatic carbocycles. The van der Waals surface area contributed by atoms with Gasteiger partial charge in [-0.05, 0) is 36.4 Å². The first kappa shape index (κ1) is 16.7. The lowest BCUT2D eigenvalue weighted by Gasteiger charge is -2.10. The second kappa shape index (κ2) is 6.51. The Hall–Kier alpha value is -2.77. The Labute approximate surface area is 156 Å². The van der Waals surface area contributed by atoms with E-state index in [1.54, 1.807) is 25.4 Å². The second-order valence-corrected chi connectivity index (χ2v) is 6.81. The zero-order valence-electron chi connectivity index (χ0n) is 13.6. The molecule has 2 heterocycles. The Kier molecular flexibility index (Phi) is 4.18. The van der Waals surface area contributed by atoms with Crippen LogP contribution in [-0.4, -0.2) is 25.1 Å². The lowest BCUT2D eigenvalue weighted by Crippen LogP contribution is -1.96. The fourth-order valence-corrected chi connectivity index (χ4v) is 3.61. The van der Waals surface area contributed by atoms with E-state index in [0.717, 1.165) is 33.2 Å². The number of benzene rings is 2. The normalized spacial score (nSPS) is 11.3. The maximum Gasteiger partial charge on any atom is 0.222 e. The van der Waals surface area contributed by atoms with E-state index in [1.807, 2.05) is 41.1 Å². The van der Waals surface area contributed by atoms with Crippen molar-refractivity contribution in [2.24, 2.45) is 0 Å². The quantitative estimate of drug-likeness (QED) is 0.523. The lowest BCUT2D eigenvalue weighted by atomic mass is 10.1. The largest absolute Gasteiger partial charge is 0.497 e. The molecule has 4 rings (SSSR count). The Bertz CT molecular complexity index is 1210. The Balaban J connectivity index is 1.93. The smallest absolute Gasteiger partial charge is 0.222 e. The molecule has 0 aliphatic carbocycles. The van der Waals surface area contributed by atoms with Gasteiger partial charge in [0.05, 0.1) is 28.9 Å². The number of ether oxygens (including phenoxy) is 1. The number of thiol groups is 1. The summed E-state index contributed by atoms with van der Waals surface area (Å²) in [6, 6.07) is 12.9. The molecular weight excluding hydrogens is 374 g/mol. The van der Waals surface area contributed by atoms with E-state index in [1.165, 1.54) is 0 Å². The summed E-state index contributed by atoms with van der Waals surface area (Å²) in [4.78, 5) is 4.41. The standard InChI is InChI=1S/C18H14ClN3O3S/c1-25-12-3-4-13-16(9-12)20-7-6-18(13)22-10-15(19)14-8-11(21-26(23)24)2-5-17(14)22/h2-10,26H,1H3,(H,21,23,24). The summed E-state index contributed by atoms with van der Waals surface area (Å²) in [5, 5.41) is 2.24. The summed E-state index contributed by atoms with van der Waals surface area (Å²) >= 11 is 6.40. The molecule has 0 atom stereocenters. The minimum absolute atomic E-state index is 0.470. The second-order valence-electron chi connectivity index (χ2n) is 5.66. The molecule has 2 aromatic heterocycles. The van der Waals surface area contributed by atoms with Gasteiger partial charge in [-0.25, -0.2) is 8.42 Å². The maximum atomic E-state index is 10.9. The van der Waals surface area contributed by atoms with Gasteiger partial charge in [0, 0.05) is 34.9 Å². The van der Waals surface area contributed by atoms with Gasteiger partial charge in [0.15, 0.2) is 0 Å². The van der Waals surface area contributed by atoms with Crippen molar-refractivity contribution in [1.29, 1.82) is 0 Å². The topological polar surface area (TPSA) is 73.2 Å². The van der Waals surface area contributed by atoms with E-state index < -0.39 is 10.9 Å². The molecular formula is C18H14ClN3O3S. The maximum absolute atomic E-state index is 10.9. The van der Waals surface area contributed by atoms with Crippen LogP contribution in [0.25, 0.3) is 27.5 Å². The first-order chi connectivity index (χ1) is 12.6. The average Bonchev–Trinajstić information content (AvgIpc) is 2.96. The Morgan fingerprint density at radius 3 is 2.73 bits per heavy atom. The summed E-state index contributed by atoms with van der Waals surface area (Å²) < 4.78 is 31.4. The Morgan fingerprint density at radius 2 is 1.96 bits per heavy atom. The van der Waals surface area contributed by atoms with Crippen LogP contribution in [-0.2, 0) is 10.9 Å². The molecule has 0 radical (unpaired) electrons. The molecule has 0 fully saturated rings. The molecule has 0 bridgehead atoms. The molecule has 0 aliphatic rings. The fourth-order valence-electron chi connectivity index (χ4n) is 3.01. The number of rotatable bonds is 4. The first-order valence-electron chi connectivity index (χ1n) is 7.71. The molecule has 132 valence electrons. The molecule has 1 N–H and O–H groups in total. The zero-order valence-corrected chi connectivity index (χ0v) is 15.3. The van der Waals surface area contributed by atoms with Gasteiger partial charge in [-0.1, -0.05) is 11.6 Å². The molecule has 8 heteroatoms. The number of fused-ring (bicyclic) bond motifs is 2. The molecule has 0 unspecified atom stereocenters. The van der Waals surface area contributed by atoms with Crippen LogP contribution in [0, 0.1) is 0 Å². The van der Waals surface area contributed by atoms with Gasteiger partial charge in [-0.3, -0.25) is 9.71 Å². The third-order valence-corrected chi connectivity index (χ3v) is 4.90. The highest BCUT2D eigenvalue weighted by atomic mass is 35.5. The summed E-state index contributed by atoms with van der Waals surface area (Å²) in [5.74, 6) is 0.736. The van der Waals surface area contributed by atoms with Crippen molar-refractivity contribution in [2.75, 3.05) is 11.8 Å². The van der Waals surface area contributed by atoms with Gasteiger partial charge < -0.3 is 9.30 Å². The molecule has 26 heavy (non-hydrogen) atoms. The van der Waals surface area contributed by atoms with Crippen LogP contribution in [0.2, 0.25) is 5.02 Å². The van der Waals surface area contributed by atoms with Crippen LogP contribution in [0.3, 0.4) is 0 Å². The fraction of sp³-hybridized carbons (Fsp3) is 0.0556. The number of anilines is 1. The third kappa shape index (κ3) is 2.85. The highest BCUT2D eigenvalue weighted by Crippen LogP contribution is 2.33. The molecule has 0 aliphatic heterocycles. The zero-order chi connectivity index (χ0) is 18.3. The summed E-state index contributed by atoms with van der Waals surface area (Å²) in [6.45, 7) is 0. The molecule has 0 saturated carbocycles. The number of hydrogen-bond donors (Lipinski definition) is 2. The highest BCUT2D eigenvalue weighted by Gasteiger charge is 2.12. The summed E-state index contributed by atoms with van der Waals surface area (Å²) in [5.41, 5.74) is 3.06. The predicted molar refractivity (Wildman–Crippen MR) is 104 cm³/mol. The molecule has 0 amide bonds.